The summed E-state index contributed by atoms with van der Waals surface area (Å²) in [6.45, 7) is 1.10. The molecule has 3 heterocycles. The first-order chi connectivity index (χ1) is 16.1. The molecule has 1 atom stereocenters. The smallest absolute Gasteiger partial charge is 0.141 e. The van der Waals surface area contributed by atoms with E-state index in [1.165, 1.54) is 0 Å². The number of anilines is 1. The fraction of sp³-hybridized carbons (Fsp3) is 0.192. The van der Waals surface area contributed by atoms with Crippen molar-refractivity contribution in [2.24, 2.45) is 0 Å². The number of hydrogen-bond acceptors (Lipinski definition) is 7. The minimum absolute atomic E-state index is 0.459. The lowest BCUT2D eigenvalue weighted by Gasteiger charge is -2.21. The number of ether oxygens (including phenoxy) is 2. The first kappa shape index (κ1) is 20.9. The minimum Gasteiger partial charge on any atom is -0.497 e. The number of hydrogen-bond donors (Lipinski definition) is 1. The molecule has 0 bridgehead atoms. The van der Waals surface area contributed by atoms with Crippen LogP contribution in [0.15, 0.2) is 60.9 Å². The lowest BCUT2D eigenvalue weighted by atomic mass is 9.98. The third-order valence-electron chi connectivity index (χ3n) is 6.16. The molecule has 0 fully saturated rings. The van der Waals surface area contributed by atoms with Crippen molar-refractivity contribution in [2.45, 2.75) is 19.1 Å². The molecule has 0 saturated heterocycles. The number of aromatic nitrogens is 2. The van der Waals surface area contributed by atoms with Crippen molar-refractivity contribution in [3.05, 3.63) is 77.7 Å². The van der Waals surface area contributed by atoms with Crippen LogP contribution in [0.3, 0.4) is 0 Å². The van der Waals surface area contributed by atoms with Crippen molar-refractivity contribution in [3.63, 3.8) is 0 Å². The van der Waals surface area contributed by atoms with E-state index in [2.05, 4.69) is 9.88 Å². The van der Waals surface area contributed by atoms with Crippen LogP contribution in [0.4, 0.5) is 5.69 Å². The summed E-state index contributed by atoms with van der Waals surface area (Å²) in [7, 11) is 3.28. The minimum atomic E-state index is -0.459. The largest absolute Gasteiger partial charge is 0.497 e. The van der Waals surface area contributed by atoms with Gasteiger partial charge in [0.15, 0.2) is 0 Å². The van der Waals surface area contributed by atoms with E-state index in [1.807, 2.05) is 48.5 Å². The molecule has 1 unspecified atom stereocenters. The molecule has 4 aromatic rings. The summed E-state index contributed by atoms with van der Waals surface area (Å²) in [5, 5.41) is 0.812. The van der Waals surface area contributed by atoms with Gasteiger partial charge in [0, 0.05) is 53.2 Å². The second-order valence-electron chi connectivity index (χ2n) is 8.00. The molecule has 2 N–H and O–H groups in total. The van der Waals surface area contributed by atoms with E-state index in [4.69, 9.17) is 20.2 Å². The topological polar surface area (TPSA) is 90.6 Å². The number of aldehydes is 1. The quantitative estimate of drug-likeness (QED) is 0.450. The van der Waals surface area contributed by atoms with Crippen molar-refractivity contribution in [1.29, 1.82) is 0 Å². The van der Waals surface area contributed by atoms with Crippen LogP contribution in [-0.2, 0) is 17.9 Å². The van der Waals surface area contributed by atoms with Gasteiger partial charge in [0.05, 0.1) is 31.5 Å². The Morgan fingerprint density at radius 2 is 1.97 bits per heavy atom. The van der Waals surface area contributed by atoms with Crippen molar-refractivity contribution in [3.8, 4) is 22.6 Å². The Morgan fingerprint density at radius 1 is 1.12 bits per heavy atom. The number of carbonyl (C=O) groups excluding carboxylic acids is 1. The van der Waals surface area contributed by atoms with Gasteiger partial charge in [-0.3, -0.25) is 14.9 Å². The summed E-state index contributed by atoms with van der Waals surface area (Å²) in [6, 6.07) is 15.1. The van der Waals surface area contributed by atoms with Gasteiger partial charge in [0.25, 0.3) is 0 Å². The summed E-state index contributed by atoms with van der Waals surface area (Å²) in [6.07, 6.45) is 4.41. The highest BCUT2D eigenvalue weighted by Gasteiger charge is 2.34. The van der Waals surface area contributed by atoms with Gasteiger partial charge in [-0.25, -0.2) is 0 Å². The number of fused-ring (bicyclic) bond motifs is 2. The summed E-state index contributed by atoms with van der Waals surface area (Å²) in [5.41, 5.74) is 12.4. The molecule has 7 nitrogen and oxygen atoms in total. The Balaban J connectivity index is 1.61. The van der Waals surface area contributed by atoms with Crippen molar-refractivity contribution >= 4 is 22.9 Å². The SMILES string of the molecule is COc1cccc(CN2Cc3nc4c(-c5cnccc5OC)cccc4c(N)c3C2C=O)c1. The van der Waals surface area contributed by atoms with Gasteiger partial charge in [0.2, 0.25) is 0 Å². The number of carbonyl (C=O) groups is 1. The Hall–Kier alpha value is -3.97. The molecule has 5 rings (SSSR count). The van der Waals surface area contributed by atoms with Crippen molar-refractivity contribution in [1.82, 2.24) is 14.9 Å². The maximum Gasteiger partial charge on any atom is 0.141 e. The fourth-order valence-corrected chi connectivity index (χ4v) is 4.59. The van der Waals surface area contributed by atoms with Crippen molar-refractivity contribution < 1.29 is 14.3 Å². The van der Waals surface area contributed by atoms with E-state index in [-0.39, 0.29) is 0 Å². The molecular formula is C26H24N4O3. The zero-order valence-corrected chi connectivity index (χ0v) is 18.5. The first-order valence-corrected chi connectivity index (χ1v) is 10.7. The molecule has 2 aromatic heterocycles. The van der Waals surface area contributed by atoms with Crippen LogP contribution in [0.2, 0.25) is 0 Å². The number of nitrogen functional groups attached to an aromatic ring is 1. The normalized spacial score (nSPS) is 15.4. The molecule has 1 aliphatic heterocycles. The first-order valence-electron chi connectivity index (χ1n) is 10.7. The molecule has 33 heavy (non-hydrogen) atoms. The van der Waals surface area contributed by atoms with Gasteiger partial charge in [-0.05, 0) is 23.8 Å². The summed E-state index contributed by atoms with van der Waals surface area (Å²) in [5.74, 6) is 1.49. The third kappa shape index (κ3) is 3.56. The molecule has 7 heteroatoms. The van der Waals surface area contributed by atoms with Gasteiger partial charge in [-0.15, -0.1) is 0 Å². The predicted octanol–water partition coefficient (Wildman–Crippen LogP) is 4.15. The second kappa shape index (κ2) is 8.52. The Labute approximate surface area is 191 Å². The number of nitrogens with zero attached hydrogens (tertiary/aromatic N) is 3. The van der Waals surface area contributed by atoms with E-state index >= 15 is 0 Å². The Bertz CT molecular complexity index is 1350. The molecule has 0 radical (unpaired) electrons. The number of benzene rings is 2. The van der Waals surface area contributed by atoms with Crippen LogP contribution in [0.1, 0.15) is 22.9 Å². The lowest BCUT2D eigenvalue weighted by molar-refractivity contribution is -0.112. The molecule has 0 amide bonds. The summed E-state index contributed by atoms with van der Waals surface area (Å²) >= 11 is 0. The number of nitrogens with two attached hydrogens (primary N) is 1. The average Bonchev–Trinajstić information content (AvgIpc) is 3.21. The fourth-order valence-electron chi connectivity index (χ4n) is 4.59. The van der Waals surface area contributed by atoms with Gasteiger partial charge < -0.3 is 20.0 Å². The summed E-state index contributed by atoms with van der Waals surface area (Å²) in [4.78, 5) is 23.5. The molecule has 166 valence electrons. The Morgan fingerprint density at radius 3 is 2.76 bits per heavy atom. The van der Waals surface area contributed by atoms with Gasteiger partial charge in [-0.1, -0.05) is 30.3 Å². The number of methoxy groups -OCH3 is 2. The maximum absolute atomic E-state index is 12.2. The third-order valence-corrected chi connectivity index (χ3v) is 6.16. The van der Waals surface area contributed by atoms with Gasteiger partial charge in [-0.2, -0.15) is 0 Å². The summed E-state index contributed by atoms with van der Waals surface area (Å²) < 4.78 is 10.9. The molecule has 2 aromatic carbocycles. The monoisotopic (exact) mass is 440 g/mol. The zero-order valence-electron chi connectivity index (χ0n) is 18.5. The van der Waals surface area contributed by atoms with Crippen LogP contribution in [0, 0.1) is 0 Å². The van der Waals surface area contributed by atoms with E-state index in [0.29, 0.717) is 24.5 Å². The highest BCUT2D eigenvalue weighted by Crippen LogP contribution is 2.42. The molecule has 1 aliphatic rings. The van der Waals surface area contributed by atoms with Crippen LogP contribution in [-0.4, -0.2) is 35.4 Å². The van der Waals surface area contributed by atoms with Crippen LogP contribution in [0.25, 0.3) is 22.0 Å². The van der Waals surface area contributed by atoms with Crippen LogP contribution in [0.5, 0.6) is 11.5 Å². The zero-order chi connectivity index (χ0) is 22.9. The number of rotatable bonds is 6. The second-order valence-corrected chi connectivity index (χ2v) is 8.00. The van der Waals surface area contributed by atoms with Gasteiger partial charge >= 0.3 is 0 Å². The van der Waals surface area contributed by atoms with Crippen molar-refractivity contribution in [2.75, 3.05) is 20.0 Å². The highest BCUT2D eigenvalue weighted by molar-refractivity contribution is 6.02. The molecule has 0 aliphatic carbocycles. The van der Waals surface area contributed by atoms with Gasteiger partial charge in [0.1, 0.15) is 17.8 Å². The van der Waals surface area contributed by atoms with Crippen LogP contribution >= 0.6 is 0 Å². The Kier molecular flexibility index (Phi) is 5.40. The standard InChI is InChI=1S/C26H24N4O3/c1-32-17-6-3-5-16(11-17)13-30-14-21-24(22(30)15-31)25(27)19-8-4-7-18(26(19)29-21)20-12-28-10-9-23(20)33-2/h3-12,15,22H,13-14H2,1-2H3,(H2,27,29). The number of pyridine rings is 2. The highest BCUT2D eigenvalue weighted by atomic mass is 16.5. The number of para-hydroxylation sites is 1. The lowest BCUT2D eigenvalue weighted by Crippen LogP contribution is -2.23. The molecular weight excluding hydrogens is 416 g/mol. The maximum atomic E-state index is 12.2. The van der Waals surface area contributed by atoms with E-state index in [0.717, 1.165) is 50.9 Å². The van der Waals surface area contributed by atoms with E-state index in [1.54, 1.807) is 26.6 Å². The van der Waals surface area contributed by atoms with E-state index < -0.39 is 6.04 Å². The molecule has 0 saturated carbocycles. The average molecular weight is 441 g/mol. The van der Waals surface area contributed by atoms with Crippen LogP contribution < -0.4 is 15.2 Å². The predicted molar refractivity (Wildman–Crippen MR) is 127 cm³/mol. The van der Waals surface area contributed by atoms with E-state index in [9.17, 15) is 4.79 Å². The molecule has 0 spiro atoms.